The van der Waals surface area contributed by atoms with Crippen LogP contribution in [0.15, 0.2) is 47.4 Å². The lowest BCUT2D eigenvalue weighted by atomic mass is 10.1. The molecule has 0 unspecified atom stereocenters. The van der Waals surface area contributed by atoms with Crippen molar-refractivity contribution < 1.29 is 18.0 Å². The van der Waals surface area contributed by atoms with E-state index >= 15 is 0 Å². The molecule has 0 bridgehead atoms. The standard InChI is InChI=1S/C21H27N3O4S/c1-14(2)12-23-21(26)17-7-5-6-8-18(17)24-20(25)13-22-19-11-16(29(4,27)28)10-9-15(19)3/h5-11,14,22H,12-13H2,1-4H3,(H,23,26)(H,24,25). The van der Waals surface area contributed by atoms with Gasteiger partial charge in [0.15, 0.2) is 9.84 Å². The number of benzene rings is 2. The molecule has 0 fully saturated rings. The van der Waals surface area contributed by atoms with Gasteiger partial charge in [-0.3, -0.25) is 9.59 Å². The Labute approximate surface area is 171 Å². The van der Waals surface area contributed by atoms with E-state index in [1.54, 1.807) is 30.3 Å². The number of para-hydroxylation sites is 1. The van der Waals surface area contributed by atoms with Crippen LogP contribution in [0, 0.1) is 12.8 Å². The first-order chi connectivity index (χ1) is 13.6. The molecule has 0 saturated carbocycles. The number of nitrogens with one attached hydrogen (secondary N) is 3. The van der Waals surface area contributed by atoms with E-state index in [-0.39, 0.29) is 23.3 Å². The largest absolute Gasteiger partial charge is 0.376 e. The van der Waals surface area contributed by atoms with E-state index in [1.807, 2.05) is 20.8 Å². The highest BCUT2D eigenvalue weighted by molar-refractivity contribution is 7.90. The Balaban J connectivity index is 2.07. The lowest BCUT2D eigenvalue weighted by Crippen LogP contribution is -2.29. The predicted octanol–water partition coefficient (Wildman–Crippen LogP) is 2.83. The van der Waals surface area contributed by atoms with Crippen molar-refractivity contribution in [1.82, 2.24) is 5.32 Å². The Kier molecular flexibility index (Phi) is 7.39. The molecule has 29 heavy (non-hydrogen) atoms. The van der Waals surface area contributed by atoms with Gasteiger partial charge in [-0.25, -0.2) is 8.42 Å². The fraction of sp³-hybridized carbons (Fsp3) is 0.333. The average Bonchev–Trinajstić information content (AvgIpc) is 2.65. The van der Waals surface area contributed by atoms with Crippen molar-refractivity contribution in [1.29, 1.82) is 0 Å². The number of anilines is 2. The molecular weight excluding hydrogens is 390 g/mol. The maximum Gasteiger partial charge on any atom is 0.253 e. The zero-order chi connectivity index (χ0) is 21.6. The van der Waals surface area contributed by atoms with Gasteiger partial charge in [-0.15, -0.1) is 0 Å². The molecule has 8 heteroatoms. The molecule has 0 aliphatic heterocycles. The summed E-state index contributed by atoms with van der Waals surface area (Å²) < 4.78 is 23.5. The Morgan fingerprint density at radius 3 is 2.38 bits per heavy atom. The third kappa shape index (κ3) is 6.60. The Morgan fingerprint density at radius 2 is 1.72 bits per heavy atom. The number of sulfone groups is 1. The van der Waals surface area contributed by atoms with Gasteiger partial charge < -0.3 is 16.0 Å². The average molecular weight is 418 g/mol. The van der Waals surface area contributed by atoms with Crippen molar-refractivity contribution in [2.45, 2.75) is 25.7 Å². The number of aryl methyl sites for hydroxylation is 1. The highest BCUT2D eigenvalue weighted by Gasteiger charge is 2.14. The fourth-order valence-corrected chi connectivity index (χ4v) is 3.22. The molecular formula is C21H27N3O4S. The molecule has 2 amide bonds. The lowest BCUT2D eigenvalue weighted by molar-refractivity contribution is -0.114. The van der Waals surface area contributed by atoms with Crippen LogP contribution in [0.25, 0.3) is 0 Å². The van der Waals surface area contributed by atoms with Crippen LogP contribution in [0.4, 0.5) is 11.4 Å². The number of carbonyl (C=O) groups excluding carboxylic acids is 2. The second kappa shape index (κ2) is 9.56. The molecule has 3 N–H and O–H groups in total. The Bertz CT molecular complexity index is 1000. The molecule has 0 spiro atoms. The van der Waals surface area contributed by atoms with Crippen molar-refractivity contribution in [3.8, 4) is 0 Å². The van der Waals surface area contributed by atoms with E-state index in [9.17, 15) is 18.0 Å². The number of carbonyl (C=O) groups is 2. The number of hydrogen-bond donors (Lipinski definition) is 3. The van der Waals surface area contributed by atoms with Gasteiger partial charge in [-0.05, 0) is 42.7 Å². The molecule has 0 saturated heterocycles. The zero-order valence-corrected chi connectivity index (χ0v) is 17.9. The van der Waals surface area contributed by atoms with Crippen LogP contribution >= 0.6 is 0 Å². The van der Waals surface area contributed by atoms with Gasteiger partial charge in [-0.2, -0.15) is 0 Å². The molecule has 0 aliphatic carbocycles. The minimum Gasteiger partial charge on any atom is -0.376 e. The number of amides is 2. The highest BCUT2D eigenvalue weighted by atomic mass is 32.2. The van der Waals surface area contributed by atoms with E-state index < -0.39 is 9.84 Å². The predicted molar refractivity (Wildman–Crippen MR) is 115 cm³/mol. The molecule has 0 atom stereocenters. The molecule has 0 heterocycles. The van der Waals surface area contributed by atoms with Gasteiger partial charge in [-0.1, -0.05) is 32.0 Å². The molecule has 2 rings (SSSR count). The summed E-state index contributed by atoms with van der Waals surface area (Å²) in [4.78, 5) is 24.9. The van der Waals surface area contributed by atoms with E-state index in [0.29, 0.717) is 29.4 Å². The minimum atomic E-state index is -3.34. The van der Waals surface area contributed by atoms with Gasteiger partial charge in [0.2, 0.25) is 5.91 Å². The molecule has 2 aromatic rings. The first-order valence-corrected chi connectivity index (χ1v) is 11.2. The molecule has 0 aliphatic rings. The SMILES string of the molecule is Cc1ccc(S(C)(=O)=O)cc1NCC(=O)Nc1ccccc1C(=O)NCC(C)C. The first kappa shape index (κ1) is 22.4. The van der Waals surface area contributed by atoms with Crippen molar-refractivity contribution in [2.75, 3.05) is 30.0 Å². The van der Waals surface area contributed by atoms with Gasteiger partial charge in [0.1, 0.15) is 0 Å². The van der Waals surface area contributed by atoms with Crippen LogP contribution in [0.2, 0.25) is 0 Å². The van der Waals surface area contributed by atoms with Crippen LogP contribution in [-0.2, 0) is 14.6 Å². The maximum absolute atomic E-state index is 12.4. The van der Waals surface area contributed by atoms with Crippen molar-refractivity contribution in [2.24, 2.45) is 5.92 Å². The van der Waals surface area contributed by atoms with Gasteiger partial charge in [0, 0.05) is 18.5 Å². The zero-order valence-electron chi connectivity index (χ0n) is 17.1. The lowest BCUT2D eigenvalue weighted by Gasteiger charge is -2.14. The summed E-state index contributed by atoms with van der Waals surface area (Å²) >= 11 is 0. The first-order valence-electron chi connectivity index (χ1n) is 9.29. The smallest absolute Gasteiger partial charge is 0.253 e. The van der Waals surface area contributed by atoms with Crippen LogP contribution in [-0.4, -0.2) is 39.6 Å². The summed E-state index contributed by atoms with van der Waals surface area (Å²) in [6.07, 6.45) is 1.13. The summed E-state index contributed by atoms with van der Waals surface area (Å²) in [6.45, 7) is 6.29. The second-order valence-corrected chi connectivity index (χ2v) is 9.32. The van der Waals surface area contributed by atoms with Crippen LogP contribution in [0.5, 0.6) is 0 Å². The number of rotatable bonds is 8. The van der Waals surface area contributed by atoms with Crippen molar-refractivity contribution >= 4 is 33.0 Å². The molecule has 0 aromatic heterocycles. The summed E-state index contributed by atoms with van der Waals surface area (Å²) in [5.41, 5.74) is 2.18. The minimum absolute atomic E-state index is 0.0734. The molecule has 7 nitrogen and oxygen atoms in total. The number of hydrogen-bond acceptors (Lipinski definition) is 5. The van der Waals surface area contributed by atoms with Crippen LogP contribution in [0.3, 0.4) is 0 Å². The van der Waals surface area contributed by atoms with Gasteiger partial charge in [0.25, 0.3) is 5.91 Å². The van der Waals surface area contributed by atoms with E-state index in [1.165, 1.54) is 12.1 Å². The quantitative estimate of drug-likeness (QED) is 0.613. The summed E-state index contributed by atoms with van der Waals surface area (Å²) in [5.74, 6) is -0.284. The summed E-state index contributed by atoms with van der Waals surface area (Å²) in [7, 11) is -3.34. The third-order valence-corrected chi connectivity index (χ3v) is 5.30. The van der Waals surface area contributed by atoms with Crippen LogP contribution in [0.1, 0.15) is 29.8 Å². The van der Waals surface area contributed by atoms with Gasteiger partial charge >= 0.3 is 0 Å². The van der Waals surface area contributed by atoms with E-state index in [4.69, 9.17) is 0 Å². The van der Waals surface area contributed by atoms with E-state index in [2.05, 4.69) is 16.0 Å². The molecule has 0 radical (unpaired) electrons. The molecule has 2 aromatic carbocycles. The normalized spacial score (nSPS) is 11.2. The monoisotopic (exact) mass is 417 g/mol. The van der Waals surface area contributed by atoms with E-state index in [0.717, 1.165) is 11.8 Å². The Morgan fingerprint density at radius 1 is 1.03 bits per heavy atom. The topological polar surface area (TPSA) is 104 Å². The third-order valence-electron chi connectivity index (χ3n) is 4.19. The molecule has 156 valence electrons. The maximum atomic E-state index is 12.4. The Hall–Kier alpha value is -2.87. The van der Waals surface area contributed by atoms with Gasteiger partial charge in [0.05, 0.1) is 22.7 Å². The fourth-order valence-electron chi connectivity index (χ4n) is 2.57. The highest BCUT2D eigenvalue weighted by Crippen LogP contribution is 2.20. The summed E-state index contributed by atoms with van der Waals surface area (Å²) in [5, 5.41) is 8.53. The second-order valence-electron chi connectivity index (χ2n) is 7.30. The van der Waals surface area contributed by atoms with Crippen LogP contribution < -0.4 is 16.0 Å². The summed E-state index contributed by atoms with van der Waals surface area (Å²) in [6, 6.07) is 11.5. The van der Waals surface area contributed by atoms with Crippen molar-refractivity contribution in [3.63, 3.8) is 0 Å². The van der Waals surface area contributed by atoms with Crippen molar-refractivity contribution in [3.05, 3.63) is 53.6 Å².